The predicted octanol–water partition coefficient (Wildman–Crippen LogP) is 2.03. The van der Waals surface area contributed by atoms with Crippen LogP contribution in [0.2, 0.25) is 5.02 Å². The van der Waals surface area contributed by atoms with Crippen LogP contribution < -0.4 is 21.7 Å². The normalized spacial score (nSPS) is 20.4. The number of carboxylic acids is 1. The molecular formula is C31H27ClN8O8S2. The summed E-state index contributed by atoms with van der Waals surface area (Å²) in [5, 5.41) is 41.5. The number of hydrogen-bond acceptors (Lipinski definition) is 13. The lowest BCUT2D eigenvalue weighted by Gasteiger charge is -2.50. The van der Waals surface area contributed by atoms with E-state index in [1.54, 1.807) is 12.1 Å². The molecule has 50 heavy (non-hydrogen) atoms. The summed E-state index contributed by atoms with van der Waals surface area (Å²) in [7, 11) is 0. The maximum atomic E-state index is 13.6. The Hall–Kier alpha value is -5.46. The summed E-state index contributed by atoms with van der Waals surface area (Å²) >= 11 is 8.20. The number of phenols is 1. The minimum atomic E-state index is -1.45. The zero-order valence-electron chi connectivity index (χ0n) is 25.6. The molecule has 2 fully saturated rings. The topological polar surface area (TPSA) is 250 Å². The summed E-state index contributed by atoms with van der Waals surface area (Å²) in [5.41, 5.74) is 6.33. The van der Waals surface area contributed by atoms with Crippen molar-refractivity contribution in [1.82, 2.24) is 25.5 Å². The Balaban J connectivity index is 1.37. The molecule has 0 bridgehead atoms. The lowest BCUT2D eigenvalue weighted by Crippen LogP contribution is -2.71. The van der Waals surface area contributed by atoms with Gasteiger partial charge in [-0.15, -0.1) is 23.1 Å². The number of fused-ring (bicyclic) bond motifs is 1. The Kier molecular flexibility index (Phi) is 9.76. The van der Waals surface area contributed by atoms with Crippen LogP contribution in [0.15, 0.2) is 75.7 Å². The number of carbonyl (C=O) groups excluding carboxylic acids is 4. The number of rotatable bonds is 10. The van der Waals surface area contributed by atoms with E-state index in [4.69, 9.17) is 17.3 Å². The molecule has 1 unspecified atom stereocenters. The van der Waals surface area contributed by atoms with Gasteiger partial charge >= 0.3 is 5.97 Å². The Morgan fingerprint density at radius 2 is 1.96 bits per heavy atom. The van der Waals surface area contributed by atoms with Gasteiger partial charge < -0.3 is 37.1 Å². The highest BCUT2D eigenvalue weighted by atomic mass is 35.5. The molecule has 8 N–H and O–H groups in total. The van der Waals surface area contributed by atoms with Crippen molar-refractivity contribution in [2.24, 2.45) is 5.16 Å². The minimum absolute atomic E-state index is 0.00506. The van der Waals surface area contributed by atoms with Crippen molar-refractivity contribution in [3.8, 4) is 5.75 Å². The van der Waals surface area contributed by atoms with E-state index in [1.807, 2.05) is 0 Å². The maximum Gasteiger partial charge on any atom is 0.352 e. The number of nitrogens with two attached hydrogens (primary N) is 1. The molecule has 2 aromatic heterocycles. The van der Waals surface area contributed by atoms with Crippen molar-refractivity contribution in [2.75, 3.05) is 23.3 Å². The van der Waals surface area contributed by atoms with Gasteiger partial charge in [-0.05, 0) is 53.5 Å². The number of pyridine rings is 1. The number of benzene rings is 1. The molecule has 3 aliphatic heterocycles. The zero-order valence-corrected chi connectivity index (χ0v) is 28.0. The number of nitrogens with zero attached hydrogens (tertiary/aromatic N) is 4. The number of carboxylic acid groups (broad SMARTS) is 1. The second-order valence-electron chi connectivity index (χ2n) is 11.2. The average Bonchev–Trinajstić information content (AvgIpc) is 3.72. The van der Waals surface area contributed by atoms with Crippen molar-refractivity contribution >= 4 is 80.8 Å². The van der Waals surface area contributed by atoms with Gasteiger partial charge in [-0.1, -0.05) is 16.8 Å². The van der Waals surface area contributed by atoms with E-state index >= 15 is 0 Å². The second kappa shape index (κ2) is 14.2. The third-order valence-corrected chi connectivity index (χ3v) is 10.5. The van der Waals surface area contributed by atoms with E-state index in [0.29, 0.717) is 11.3 Å². The number of amides is 4. The number of thiazole rings is 1. The number of halogens is 1. The van der Waals surface area contributed by atoms with Crippen LogP contribution in [0.5, 0.6) is 5.75 Å². The highest BCUT2D eigenvalue weighted by Crippen LogP contribution is 2.47. The molecule has 2 saturated heterocycles. The summed E-state index contributed by atoms with van der Waals surface area (Å²) in [6.45, 7) is 0.278. The van der Waals surface area contributed by atoms with E-state index in [2.05, 4.69) is 31.1 Å². The van der Waals surface area contributed by atoms with Crippen LogP contribution >= 0.6 is 34.7 Å². The van der Waals surface area contributed by atoms with Gasteiger partial charge in [-0.25, -0.2) is 9.78 Å². The van der Waals surface area contributed by atoms with E-state index in [1.165, 1.54) is 36.0 Å². The van der Waals surface area contributed by atoms with Crippen LogP contribution in [0, 0.1) is 0 Å². The molecule has 4 amide bonds. The first-order valence-corrected chi connectivity index (χ1v) is 17.1. The van der Waals surface area contributed by atoms with Crippen molar-refractivity contribution in [1.29, 1.82) is 0 Å². The van der Waals surface area contributed by atoms with Gasteiger partial charge in [-0.2, -0.15) is 0 Å². The average molecular weight is 739 g/mol. The second-order valence-corrected chi connectivity index (χ2v) is 13.6. The third kappa shape index (κ3) is 6.59. The first kappa shape index (κ1) is 34.4. The molecular weight excluding hydrogens is 712 g/mol. The number of carbonyl (C=O) groups is 5. The van der Waals surface area contributed by atoms with Crippen LogP contribution in [-0.4, -0.2) is 89.3 Å². The number of aromatic hydroxyl groups is 1. The number of nitrogen functional groups attached to an aromatic ring is 1. The lowest BCUT2D eigenvalue weighted by molar-refractivity contribution is -0.150. The fourth-order valence-electron chi connectivity index (χ4n) is 5.99. The monoisotopic (exact) mass is 738 g/mol. The number of phenolic OH excluding ortho intramolecular Hbond substituents is 1. The van der Waals surface area contributed by atoms with Gasteiger partial charge in [0.05, 0.1) is 5.02 Å². The maximum absolute atomic E-state index is 13.6. The van der Waals surface area contributed by atoms with E-state index in [0.717, 1.165) is 28.0 Å². The van der Waals surface area contributed by atoms with Gasteiger partial charge in [0, 0.05) is 53.7 Å². The Morgan fingerprint density at radius 1 is 1.20 bits per heavy atom. The summed E-state index contributed by atoms with van der Waals surface area (Å²) in [6.07, 6.45) is 2.99. The number of aliphatic carboxylic acids is 1. The fraction of sp³-hybridized carbons (Fsp3) is 0.226. The molecule has 0 spiro atoms. The van der Waals surface area contributed by atoms with Gasteiger partial charge in [0.2, 0.25) is 11.8 Å². The lowest BCUT2D eigenvalue weighted by atomic mass is 9.80. The quantitative estimate of drug-likeness (QED) is 0.0394. The number of anilines is 2. The van der Waals surface area contributed by atoms with E-state index in [9.17, 15) is 39.4 Å². The third-order valence-electron chi connectivity index (χ3n) is 8.20. The molecule has 5 heterocycles. The number of nitrogens with one attached hydrogen (secondary N) is 3. The largest absolute Gasteiger partial charge is 0.506 e. The summed E-state index contributed by atoms with van der Waals surface area (Å²) in [5.74, 6) is -5.11. The standard InChI is InChI=1S/C31H27ClN8O8S2/c32-18-9-14(1-2-20(18)41)36-21(42)10-16(13-3-6-34-7-4-13)22(15-5-8-35-26(15)43)17-11-49-29-24(28(45)40(29)25(17)30(46)47)38-27(44)23(39-48)19-12-50-31(33)37-19/h1-4,6-7,9,12,16,24,29,41,48H,5,8,10-11H2,(H2,33,37)(H,35,43)(H,36,42)(H,38,44)(H,46,47)/t16?,24-,29-/m1/s1. The number of aromatic nitrogens is 2. The minimum Gasteiger partial charge on any atom is -0.506 e. The summed E-state index contributed by atoms with van der Waals surface area (Å²) in [6, 6.07) is 6.27. The van der Waals surface area contributed by atoms with E-state index < -0.39 is 52.6 Å². The fourth-order valence-corrected chi connectivity index (χ4v) is 8.08. The highest BCUT2D eigenvalue weighted by Gasteiger charge is 2.55. The molecule has 0 radical (unpaired) electrons. The summed E-state index contributed by atoms with van der Waals surface area (Å²) < 4.78 is 0. The van der Waals surface area contributed by atoms with Crippen LogP contribution in [-0.2, 0) is 24.0 Å². The molecule has 0 aliphatic carbocycles. The Morgan fingerprint density at radius 3 is 2.58 bits per heavy atom. The van der Waals surface area contributed by atoms with Gasteiger partial charge in [-0.3, -0.25) is 29.1 Å². The molecule has 16 nitrogen and oxygen atoms in total. The molecule has 6 rings (SSSR count). The smallest absolute Gasteiger partial charge is 0.352 e. The first-order valence-electron chi connectivity index (χ1n) is 14.8. The van der Waals surface area contributed by atoms with Crippen LogP contribution in [0.25, 0.3) is 0 Å². The Labute approximate surface area is 296 Å². The zero-order chi connectivity index (χ0) is 35.7. The van der Waals surface area contributed by atoms with Gasteiger partial charge in [0.1, 0.15) is 28.6 Å². The molecule has 3 aromatic rings. The number of β-lactam (4-membered cyclic amide) rings is 1. The van der Waals surface area contributed by atoms with E-state index in [-0.39, 0.29) is 69.2 Å². The molecule has 3 atom stereocenters. The number of oxime groups is 1. The van der Waals surface area contributed by atoms with Crippen LogP contribution in [0.1, 0.15) is 30.0 Å². The molecule has 1 aromatic carbocycles. The molecule has 3 aliphatic rings. The van der Waals surface area contributed by atoms with Gasteiger partial charge in [0.15, 0.2) is 10.8 Å². The van der Waals surface area contributed by atoms with Gasteiger partial charge in [0.25, 0.3) is 11.8 Å². The number of thioether (sulfide) groups is 1. The van der Waals surface area contributed by atoms with Crippen molar-refractivity contribution in [3.63, 3.8) is 0 Å². The van der Waals surface area contributed by atoms with Crippen molar-refractivity contribution < 1.29 is 39.4 Å². The predicted molar refractivity (Wildman–Crippen MR) is 183 cm³/mol. The molecule has 0 saturated carbocycles. The SMILES string of the molecule is Nc1nc(C(=NO)C(=O)N[C@@H]2C(=O)N3C(C(=O)O)=C(C(=C4CCNC4=O)C(CC(=O)Nc4ccc(O)c(Cl)c4)c4ccncc4)CS[C@H]23)cs1. The van der Waals surface area contributed by atoms with Crippen LogP contribution in [0.4, 0.5) is 10.8 Å². The summed E-state index contributed by atoms with van der Waals surface area (Å²) in [4.78, 5) is 75.5. The number of hydrogen-bond donors (Lipinski definition) is 7. The van der Waals surface area contributed by atoms with Crippen molar-refractivity contribution in [3.05, 3.63) is 86.8 Å². The molecule has 19 heteroatoms. The highest BCUT2D eigenvalue weighted by molar-refractivity contribution is 8.00. The number of allylic oxidation sites excluding steroid dienone is 1. The van der Waals surface area contributed by atoms with Crippen molar-refractivity contribution in [2.45, 2.75) is 30.2 Å². The Bertz CT molecular complexity index is 2020. The first-order chi connectivity index (χ1) is 24.0. The molecule has 258 valence electrons. The van der Waals surface area contributed by atoms with Crippen LogP contribution in [0.3, 0.4) is 0 Å².